The molecule has 0 radical (unpaired) electrons. The van der Waals surface area contributed by atoms with Crippen LogP contribution in [0, 0.1) is 0 Å². The number of esters is 1. The Morgan fingerprint density at radius 3 is 2.00 bits per heavy atom. The molecule has 10 heteroatoms. The van der Waals surface area contributed by atoms with Gasteiger partial charge in [0.15, 0.2) is 6.61 Å². The zero-order chi connectivity index (χ0) is 18.7. The number of carbonyl (C=O) groups excluding carboxylic acids is 2. The van der Waals surface area contributed by atoms with Crippen LogP contribution in [0.15, 0.2) is 24.3 Å². The highest BCUT2D eigenvalue weighted by Gasteiger charge is 2.33. The molecule has 1 aromatic rings. The Hall–Kier alpha value is -2.26. The molecule has 24 heavy (non-hydrogen) atoms. The van der Waals surface area contributed by atoms with E-state index in [9.17, 15) is 35.9 Å². The van der Waals surface area contributed by atoms with Crippen LogP contribution in [0.3, 0.4) is 0 Å². The molecule has 0 bridgehead atoms. The number of amides is 1. The highest BCUT2D eigenvalue weighted by molar-refractivity contribution is 6.32. The summed E-state index contributed by atoms with van der Waals surface area (Å²) in [4.78, 5) is 23.8. The van der Waals surface area contributed by atoms with E-state index in [0.29, 0.717) is 0 Å². The maximum Gasteiger partial charge on any atom is 0.422 e. The van der Waals surface area contributed by atoms with E-state index in [4.69, 9.17) is 0 Å². The number of hydrogen-bond acceptors (Lipinski definition) is 3. The minimum absolute atomic E-state index is 0.266. The highest BCUT2D eigenvalue weighted by Crippen LogP contribution is 2.30. The normalized spacial score (nSPS) is 13.3. The number of likely N-dealkylation sites (N-methyl/N-ethyl adjacent to an activating group) is 1. The lowest BCUT2D eigenvalue weighted by molar-refractivity contribution is -0.189. The third kappa shape index (κ3) is 5.43. The van der Waals surface area contributed by atoms with Gasteiger partial charge in [0.2, 0.25) is 0 Å². The Kier molecular flexibility index (Phi) is 5.85. The first-order chi connectivity index (χ1) is 10.8. The van der Waals surface area contributed by atoms with Gasteiger partial charge in [0.05, 0.1) is 11.6 Å². The van der Waals surface area contributed by atoms with Crippen LogP contribution in [0.25, 0.3) is 0 Å². The van der Waals surface area contributed by atoms with Gasteiger partial charge in [-0.2, -0.15) is 26.3 Å². The molecule has 0 fully saturated rings. The van der Waals surface area contributed by atoms with Crippen LogP contribution in [0.5, 0.6) is 0 Å². The van der Waals surface area contributed by atoms with Crippen molar-refractivity contribution in [1.82, 2.24) is 4.90 Å². The van der Waals surface area contributed by atoms with Gasteiger partial charge < -0.3 is 9.64 Å². The van der Waals surface area contributed by atoms with Crippen molar-refractivity contribution in [3.63, 3.8) is 0 Å². The van der Waals surface area contributed by atoms with E-state index in [2.05, 4.69) is 4.74 Å². The molecule has 0 aliphatic carbocycles. The van der Waals surface area contributed by atoms with Gasteiger partial charge in [0.1, 0.15) is 0 Å². The maximum atomic E-state index is 12.5. The fourth-order valence-electron chi connectivity index (χ4n) is 1.70. The van der Waals surface area contributed by atoms with Crippen molar-refractivity contribution < 1.29 is 40.7 Å². The van der Waals surface area contributed by atoms with Crippen molar-refractivity contribution in [1.29, 1.82) is 0 Å². The van der Waals surface area contributed by atoms with Crippen LogP contribution in [0.4, 0.5) is 26.3 Å². The second kappa shape index (κ2) is 7.10. The lowest BCUT2D eigenvalue weighted by atomic mass is 10.0. The minimum atomic E-state index is -4.77. The summed E-state index contributed by atoms with van der Waals surface area (Å²) >= 11 is 0. The number of carbonyl (C=O) groups is 2. The molecule has 134 valence electrons. The van der Waals surface area contributed by atoms with Gasteiger partial charge in [-0.25, -0.2) is 4.79 Å². The van der Waals surface area contributed by atoms with Crippen LogP contribution < -0.4 is 0 Å². The second-order valence-electron chi connectivity index (χ2n) is 4.90. The average molecular weight is 357 g/mol. The zero-order valence-electron chi connectivity index (χ0n) is 12.5. The SMILES string of the molecule is CC(c1ccc(C(F)(F)F)cc1)N(C)C(=O)C(=O)OCC(F)(F)F. The number of alkyl halides is 6. The van der Waals surface area contributed by atoms with Crippen LogP contribution in [-0.2, 0) is 20.5 Å². The predicted octanol–water partition coefficient (Wildman–Crippen LogP) is 3.33. The van der Waals surface area contributed by atoms with Crippen LogP contribution in [0.1, 0.15) is 24.1 Å². The molecular weight excluding hydrogens is 344 g/mol. The third-order valence-corrected chi connectivity index (χ3v) is 3.16. The summed E-state index contributed by atoms with van der Waals surface area (Å²) in [6, 6.07) is 2.97. The molecule has 1 unspecified atom stereocenters. The molecular formula is C14H13F6NO3. The first kappa shape index (κ1) is 19.8. The van der Waals surface area contributed by atoms with Gasteiger partial charge in [-0.3, -0.25) is 4.79 Å². The predicted molar refractivity (Wildman–Crippen MR) is 69.6 cm³/mol. The molecule has 0 N–H and O–H groups in total. The number of halogens is 6. The molecule has 0 spiro atoms. The summed E-state index contributed by atoms with van der Waals surface area (Å²) < 4.78 is 77.1. The molecule has 1 aromatic carbocycles. The van der Waals surface area contributed by atoms with E-state index in [1.165, 1.54) is 6.92 Å². The van der Waals surface area contributed by atoms with Gasteiger partial charge in [0.25, 0.3) is 0 Å². The van der Waals surface area contributed by atoms with E-state index in [1.54, 1.807) is 0 Å². The van der Waals surface area contributed by atoms with E-state index < -0.39 is 42.4 Å². The Labute approximate surface area is 133 Å². The Bertz CT molecular complexity index is 594. The number of nitrogens with zero attached hydrogens (tertiary/aromatic N) is 1. The van der Waals surface area contributed by atoms with Crippen molar-refractivity contribution in [2.24, 2.45) is 0 Å². The van der Waals surface area contributed by atoms with Crippen molar-refractivity contribution in [3.05, 3.63) is 35.4 Å². The summed E-state index contributed by atoms with van der Waals surface area (Å²) in [5, 5.41) is 0. The first-order valence-electron chi connectivity index (χ1n) is 6.50. The van der Waals surface area contributed by atoms with Crippen LogP contribution in [-0.4, -0.2) is 36.6 Å². The Morgan fingerprint density at radius 2 is 1.58 bits per heavy atom. The van der Waals surface area contributed by atoms with E-state index in [0.717, 1.165) is 36.2 Å². The van der Waals surface area contributed by atoms with Crippen molar-refractivity contribution in [2.45, 2.75) is 25.3 Å². The maximum absolute atomic E-state index is 12.5. The van der Waals surface area contributed by atoms with Crippen molar-refractivity contribution in [2.75, 3.05) is 13.7 Å². The fourth-order valence-corrected chi connectivity index (χ4v) is 1.70. The summed E-state index contributed by atoms with van der Waals surface area (Å²) in [5.74, 6) is -3.04. The molecule has 1 atom stereocenters. The van der Waals surface area contributed by atoms with Crippen LogP contribution >= 0.6 is 0 Å². The van der Waals surface area contributed by atoms with Crippen molar-refractivity contribution >= 4 is 11.9 Å². The summed E-state index contributed by atoms with van der Waals surface area (Å²) in [6.45, 7) is -0.502. The molecule has 0 aliphatic rings. The summed E-state index contributed by atoms with van der Waals surface area (Å²) in [6.07, 6.45) is -9.29. The van der Waals surface area contributed by atoms with Gasteiger partial charge >= 0.3 is 24.2 Å². The third-order valence-electron chi connectivity index (χ3n) is 3.16. The average Bonchev–Trinajstić information content (AvgIpc) is 2.49. The number of ether oxygens (including phenoxy) is 1. The zero-order valence-corrected chi connectivity index (χ0v) is 12.5. The smallest absolute Gasteiger partial charge is 0.422 e. The highest BCUT2D eigenvalue weighted by atomic mass is 19.4. The lowest BCUT2D eigenvalue weighted by Crippen LogP contribution is -2.37. The summed E-state index contributed by atoms with van der Waals surface area (Å²) in [7, 11) is 1.12. The van der Waals surface area contributed by atoms with E-state index in [-0.39, 0.29) is 5.56 Å². The first-order valence-corrected chi connectivity index (χ1v) is 6.50. The molecule has 0 aromatic heterocycles. The van der Waals surface area contributed by atoms with E-state index in [1.807, 2.05) is 0 Å². The van der Waals surface area contributed by atoms with Gasteiger partial charge in [-0.15, -0.1) is 0 Å². The van der Waals surface area contributed by atoms with Crippen LogP contribution in [0.2, 0.25) is 0 Å². The Morgan fingerprint density at radius 1 is 1.08 bits per heavy atom. The number of rotatable bonds is 3. The molecule has 0 heterocycles. The molecule has 4 nitrogen and oxygen atoms in total. The fraction of sp³-hybridized carbons (Fsp3) is 0.429. The molecule has 0 saturated heterocycles. The number of hydrogen-bond donors (Lipinski definition) is 0. The molecule has 0 aliphatic heterocycles. The second-order valence-corrected chi connectivity index (χ2v) is 4.90. The largest absolute Gasteiger partial charge is 0.449 e. The monoisotopic (exact) mass is 357 g/mol. The number of benzene rings is 1. The van der Waals surface area contributed by atoms with E-state index >= 15 is 0 Å². The van der Waals surface area contributed by atoms with Gasteiger partial charge in [-0.05, 0) is 24.6 Å². The van der Waals surface area contributed by atoms with Gasteiger partial charge in [0, 0.05) is 7.05 Å². The minimum Gasteiger partial charge on any atom is -0.449 e. The quantitative estimate of drug-likeness (QED) is 0.474. The van der Waals surface area contributed by atoms with Crippen molar-refractivity contribution in [3.8, 4) is 0 Å². The molecule has 1 rings (SSSR count). The molecule has 0 saturated carbocycles. The van der Waals surface area contributed by atoms with Gasteiger partial charge in [-0.1, -0.05) is 12.1 Å². The Balaban J connectivity index is 2.77. The molecule has 1 amide bonds. The summed E-state index contributed by atoms with van der Waals surface area (Å²) in [5.41, 5.74) is -0.625. The topological polar surface area (TPSA) is 46.6 Å². The standard InChI is InChI=1S/C14H13F6NO3/c1-8(9-3-5-10(6-4-9)14(18,19)20)21(2)11(22)12(23)24-7-13(15,16)17/h3-6,8H,7H2,1-2H3. The lowest BCUT2D eigenvalue weighted by Gasteiger charge is -2.24.